The largest absolute Gasteiger partial charge is 0.435 e. The summed E-state index contributed by atoms with van der Waals surface area (Å²) in [5.74, 6) is -5.19. The summed E-state index contributed by atoms with van der Waals surface area (Å²) in [7, 11) is 0. The molecule has 0 saturated carbocycles. The number of imidazole rings is 1. The van der Waals surface area contributed by atoms with Gasteiger partial charge in [-0.1, -0.05) is 35.3 Å². The lowest BCUT2D eigenvalue weighted by Gasteiger charge is -2.14. The molecule has 0 spiro atoms. The van der Waals surface area contributed by atoms with E-state index in [-0.39, 0.29) is 21.4 Å². The second-order valence-electron chi connectivity index (χ2n) is 5.47. The van der Waals surface area contributed by atoms with E-state index in [0.29, 0.717) is 0 Å². The summed E-state index contributed by atoms with van der Waals surface area (Å²) < 4.78 is 68.3. The number of nitrogens with zero attached hydrogens (tertiary/aromatic N) is 3. The monoisotopic (exact) mass is 422 g/mol. The smallest absolute Gasteiger partial charge is 0.335 e. The molecule has 0 aliphatic rings. The second-order valence-corrected chi connectivity index (χ2v) is 6.29. The molecule has 2 aromatic heterocycles. The fourth-order valence-electron chi connectivity index (χ4n) is 2.38. The van der Waals surface area contributed by atoms with Crippen LogP contribution in [0, 0.1) is 0 Å². The number of halogens is 7. The van der Waals surface area contributed by atoms with E-state index >= 15 is 0 Å². The van der Waals surface area contributed by atoms with Crippen molar-refractivity contribution in [1.82, 2.24) is 19.9 Å². The maximum Gasteiger partial charge on any atom is 0.435 e. The summed E-state index contributed by atoms with van der Waals surface area (Å²) in [6.07, 6.45) is -5.09. The van der Waals surface area contributed by atoms with Gasteiger partial charge in [0.25, 0.3) is 0 Å². The van der Waals surface area contributed by atoms with E-state index in [1.807, 2.05) is 0 Å². The normalized spacial score (nSPS) is 12.6. The Morgan fingerprint density at radius 2 is 1.67 bits per heavy atom. The molecule has 0 aliphatic heterocycles. The predicted molar refractivity (Wildman–Crippen MR) is 90.8 cm³/mol. The van der Waals surface area contributed by atoms with Crippen molar-refractivity contribution in [2.24, 2.45) is 0 Å². The van der Waals surface area contributed by atoms with Crippen LogP contribution in [-0.2, 0) is 12.1 Å². The number of alkyl halides is 5. The lowest BCUT2D eigenvalue weighted by atomic mass is 10.2. The highest BCUT2D eigenvalue weighted by Gasteiger charge is 2.41. The number of allylic oxidation sites excluding steroid dienone is 1. The van der Waals surface area contributed by atoms with Gasteiger partial charge in [0.15, 0.2) is 11.3 Å². The molecule has 11 heteroatoms. The molecule has 0 unspecified atom stereocenters. The fourth-order valence-corrected chi connectivity index (χ4v) is 2.96. The molecule has 0 aliphatic carbocycles. The van der Waals surface area contributed by atoms with Crippen LogP contribution in [0.25, 0.3) is 22.6 Å². The maximum absolute atomic E-state index is 14.1. The number of rotatable bonds is 4. The summed E-state index contributed by atoms with van der Waals surface area (Å²) in [5.41, 5.74) is -2.67. The zero-order valence-corrected chi connectivity index (χ0v) is 14.7. The van der Waals surface area contributed by atoms with Crippen LogP contribution in [-0.4, -0.2) is 19.9 Å². The van der Waals surface area contributed by atoms with Crippen LogP contribution < -0.4 is 0 Å². The Labute approximate surface area is 159 Å². The zero-order chi connectivity index (χ0) is 20.0. The standard InChI is InChI=1S/C16H9Cl2F5N4/c1-2-6-15(19,20)14-25-11(16(21,22)23)10-13(27-14)26-12(24-10)9-7(17)4-3-5-8(9)18/h2-5H,1,6H2,(H,24,25,26,27). The van der Waals surface area contributed by atoms with Crippen molar-refractivity contribution in [3.63, 3.8) is 0 Å². The molecule has 27 heavy (non-hydrogen) atoms. The van der Waals surface area contributed by atoms with Gasteiger partial charge in [0.2, 0.25) is 5.82 Å². The Morgan fingerprint density at radius 3 is 2.22 bits per heavy atom. The van der Waals surface area contributed by atoms with Crippen LogP contribution >= 0.6 is 23.2 Å². The van der Waals surface area contributed by atoms with Crippen LogP contribution in [0.1, 0.15) is 17.9 Å². The summed E-state index contributed by atoms with van der Waals surface area (Å²) in [5, 5.41) is 0.223. The second kappa shape index (κ2) is 6.72. The van der Waals surface area contributed by atoms with E-state index in [1.54, 1.807) is 0 Å². The minimum atomic E-state index is -5.02. The molecule has 4 nitrogen and oxygen atoms in total. The third-order valence-corrected chi connectivity index (χ3v) is 4.18. The number of hydrogen-bond donors (Lipinski definition) is 1. The molecule has 0 atom stereocenters. The minimum Gasteiger partial charge on any atom is -0.335 e. The van der Waals surface area contributed by atoms with E-state index in [9.17, 15) is 22.0 Å². The molecule has 2 heterocycles. The molecule has 1 aromatic carbocycles. The van der Waals surface area contributed by atoms with Gasteiger partial charge in [-0.15, -0.1) is 6.58 Å². The lowest BCUT2D eigenvalue weighted by molar-refractivity contribution is -0.140. The van der Waals surface area contributed by atoms with Crippen molar-refractivity contribution in [3.8, 4) is 11.4 Å². The quantitative estimate of drug-likeness (QED) is 0.413. The SMILES string of the molecule is C=CCC(F)(F)c1nc(C(F)(F)F)c2[nH]c(-c3c(Cl)cccc3Cl)nc2n1. The molecule has 142 valence electrons. The Kier molecular flexibility index (Phi) is 4.85. The summed E-state index contributed by atoms with van der Waals surface area (Å²) in [6, 6.07) is 4.44. The summed E-state index contributed by atoms with van der Waals surface area (Å²) in [6.45, 7) is 3.16. The molecule has 0 saturated heterocycles. The van der Waals surface area contributed by atoms with Crippen LogP contribution in [0.5, 0.6) is 0 Å². The fraction of sp³-hybridized carbons (Fsp3) is 0.188. The molecule has 0 radical (unpaired) electrons. The van der Waals surface area contributed by atoms with Gasteiger partial charge >= 0.3 is 12.1 Å². The Balaban J connectivity index is 2.31. The maximum atomic E-state index is 14.1. The number of aromatic amines is 1. The Bertz CT molecular complexity index is 1010. The number of aromatic nitrogens is 4. The first-order valence-electron chi connectivity index (χ1n) is 7.33. The van der Waals surface area contributed by atoms with Crippen molar-refractivity contribution in [1.29, 1.82) is 0 Å². The highest BCUT2D eigenvalue weighted by Crippen LogP contribution is 2.39. The predicted octanol–water partition coefficient (Wildman–Crippen LogP) is 6.01. The van der Waals surface area contributed by atoms with E-state index < -0.39 is 41.2 Å². The van der Waals surface area contributed by atoms with Gasteiger partial charge in [0.1, 0.15) is 11.3 Å². The van der Waals surface area contributed by atoms with E-state index in [2.05, 4.69) is 26.5 Å². The third-order valence-electron chi connectivity index (χ3n) is 3.55. The number of H-pyrrole nitrogens is 1. The summed E-state index contributed by atoms with van der Waals surface area (Å²) in [4.78, 5) is 12.8. The van der Waals surface area contributed by atoms with Crippen molar-refractivity contribution >= 4 is 34.4 Å². The molecular weight excluding hydrogens is 414 g/mol. The van der Waals surface area contributed by atoms with Crippen LogP contribution in [0.3, 0.4) is 0 Å². The average molecular weight is 423 g/mol. The van der Waals surface area contributed by atoms with E-state index in [0.717, 1.165) is 6.08 Å². The van der Waals surface area contributed by atoms with Crippen molar-refractivity contribution < 1.29 is 22.0 Å². The van der Waals surface area contributed by atoms with Gasteiger partial charge < -0.3 is 4.98 Å². The third kappa shape index (κ3) is 3.61. The number of hydrogen-bond acceptors (Lipinski definition) is 3. The topological polar surface area (TPSA) is 54.5 Å². The molecule has 0 bridgehead atoms. The van der Waals surface area contributed by atoms with Crippen LogP contribution in [0.2, 0.25) is 10.0 Å². The van der Waals surface area contributed by atoms with Crippen LogP contribution in [0.15, 0.2) is 30.9 Å². The van der Waals surface area contributed by atoms with Gasteiger partial charge in [0.05, 0.1) is 15.6 Å². The van der Waals surface area contributed by atoms with E-state index in [4.69, 9.17) is 23.2 Å². The first-order chi connectivity index (χ1) is 12.5. The van der Waals surface area contributed by atoms with Crippen LogP contribution in [0.4, 0.5) is 22.0 Å². The lowest BCUT2D eigenvalue weighted by Crippen LogP contribution is -2.20. The van der Waals surface area contributed by atoms with Crippen molar-refractivity contribution in [2.45, 2.75) is 18.5 Å². The zero-order valence-electron chi connectivity index (χ0n) is 13.2. The average Bonchev–Trinajstić information content (AvgIpc) is 2.96. The van der Waals surface area contributed by atoms with Gasteiger partial charge in [-0.3, -0.25) is 0 Å². The molecule has 3 rings (SSSR count). The van der Waals surface area contributed by atoms with Gasteiger partial charge in [-0.05, 0) is 12.1 Å². The molecule has 0 fully saturated rings. The number of benzene rings is 1. The Morgan fingerprint density at radius 1 is 1.04 bits per heavy atom. The highest BCUT2D eigenvalue weighted by molar-refractivity contribution is 6.39. The van der Waals surface area contributed by atoms with Crippen molar-refractivity contribution in [2.75, 3.05) is 0 Å². The number of nitrogens with one attached hydrogen (secondary N) is 1. The number of fused-ring (bicyclic) bond motifs is 1. The first kappa shape index (κ1) is 19.5. The minimum absolute atomic E-state index is 0.111. The van der Waals surface area contributed by atoms with E-state index in [1.165, 1.54) is 18.2 Å². The Hall–Kier alpha value is -2.26. The summed E-state index contributed by atoms with van der Waals surface area (Å²) >= 11 is 12.1. The van der Waals surface area contributed by atoms with Crippen molar-refractivity contribution in [3.05, 3.63) is 52.4 Å². The van der Waals surface area contributed by atoms with Gasteiger partial charge in [-0.25, -0.2) is 15.0 Å². The highest BCUT2D eigenvalue weighted by atomic mass is 35.5. The molecule has 1 N–H and O–H groups in total. The molecular formula is C16H9Cl2F5N4. The molecule has 0 amide bonds. The van der Waals surface area contributed by atoms with Gasteiger partial charge in [0, 0.05) is 6.42 Å². The molecule has 3 aromatic rings. The first-order valence-corrected chi connectivity index (χ1v) is 8.08. The van der Waals surface area contributed by atoms with Gasteiger partial charge in [-0.2, -0.15) is 22.0 Å².